The van der Waals surface area contributed by atoms with E-state index in [4.69, 9.17) is 9.47 Å². The van der Waals surface area contributed by atoms with E-state index in [1.54, 1.807) is 48.5 Å². The number of hydrogen-bond donors (Lipinski definition) is 2. The Bertz CT molecular complexity index is 790. The van der Waals surface area contributed by atoms with Crippen LogP contribution in [0.4, 0.5) is 0 Å². The minimum Gasteiger partial charge on any atom is -0.494 e. The van der Waals surface area contributed by atoms with E-state index >= 15 is 0 Å². The summed E-state index contributed by atoms with van der Waals surface area (Å²) in [6.07, 6.45) is 6.58. The molecule has 6 heteroatoms. The molecule has 0 aromatic heterocycles. The lowest BCUT2D eigenvalue weighted by Crippen LogP contribution is -2.41. The summed E-state index contributed by atoms with van der Waals surface area (Å²) in [6, 6.07) is 13.7. The van der Waals surface area contributed by atoms with Crippen molar-refractivity contribution in [3.8, 4) is 11.5 Å². The summed E-state index contributed by atoms with van der Waals surface area (Å²) in [4.78, 5) is 24.6. The van der Waals surface area contributed by atoms with Gasteiger partial charge in [-0.15, -0.1) is 0 Å². The van der Waals surface area contributed by atoms with E-state index in [0.717, 1.165) is 31.4 Å². The number of carbonyl (C=O) groups is 2. The highest BCUT2D eigenvalue weighted by atomic mass is 16.5. The van der Waals surface area contributed by atoms with Gasteiger partial charge in [-0.1, -0.05) is 45.6 Å². The summed E-state index contributed by atoms with van der Waals surface area (Å²) in [6.45, 7) is 5.54. The fourth-order valence-electron chi connectivity index (χ4n) is 2.74. The molecule has 2 amide bonds. The van der Waals surface area contributed by atoms with Gasteiger partial charge in [-0.2, -0.15) is 0 Å². The molecule has 2 N–H and O–H groups in total. The van der Waals surface area contributed by atoms with Crippen molar-refractivity contribution in [2.45, 2.75) is 52.4 Å². The Morgan fingerprint density at radius 3 is 2.03 bits per heavy atom. The second-order valence-corrected chi connectivity index (χ2v) is 7.07. The molecule has 0 aliphatic heterocycles. The molecule has 0 aliphatic carbocycles. The number of hydrogen-bond acceptors (Lipinski definition) is 4. The Balaban J connectivity index is 1.79. The molecule has 0 saturated carbocycles. The maximum absolute atomic E-state index is 12.3. The highest BCUT2D eigenvalue weighted by molar-refractivity contribution is 5.99. The van der Waals surface area contributed by atoms with Crippen molar-refractivity contribution < 1.29 is 19.1 Å². The zero-order chi connectivity index (χ0) is 21.6. The molecule has 0 radical (unpaired) electrons. The number of hydrazine groups is 1. The molecule has 162 valence electrons. The van der Waals surface area contributed by atoms with Crippen molar-refractivity contribution in [1.29, 1.82) is 0 Å². The zero-order valence-electron chi connectivity index (χ0n) is 17.9. The van der Waals surface area contributed by atoms with Crippen LogP contribution >= 0.6 is 0 Å². The SMILES string of the molecule is CCCCCCOc1ccc(C(=O)NNC(=O)c2cccc(OCCCC)c2)cc1. The van der Waals surface area contributed by atoms with E-state index in [1.807, 2.05) is 0 Å². The van der Waals surface area contributed by atoms with Gasteiger partial charge in [-0.05, 0) is 55.3 Å². The molecule has 2 aromatic carbocycles. The predicted octanol–water partition coefficient (Wildman–Crippen LogP) is 4.90. The number of rotatable bonds is 12. The van der Waals surface area contributed by atoms with Crippen LogP contribution in [0, 0.1) is 0 Å². The second-order valence-electron chi connectivity index (χ2n) is 7.07. The van der Waals surface area contributed by atoms with Crippen molar-refractivity contribution in [1.82, 2.24) is 10.9 Å². The van der Waals surface area contributed by atoms with Crippen LogP contribution < -0.4 is 20.3 Å². The molecule has 0 bridgehead atoms. The van der Waals surface area contributed by atoms with Gasteiger partial charge in [0.2, 0.25) is 0 Å². The summed E-state index contributed by atoms with van der Waals surface area (Å²) in [5.74, 6) is 0.559. The third kappa shape index (κ3) is 8.15. The first-order valence-electron chi connectivity index (χ1n) is 10.7. The minimum absolute atomic E-state index is 0.395. The van der Waals surface area contributed by atoms with E-state index in [0.29, 0.717) is 30.1 Å². The van der Waals surface area contributed by atoms with Crippen molar-refractivity contribution in [2.75, 3.05) is 13.2 Å². The lowest BCUT2D eigenvalue weighted by molar-refractivity contribution is 0.0846. The van der Waals surface area contributed by atoms with Crippen LogP contribution in [0.1, 0.15) is 73.1 Å². The van der Waals surface area contributed by atoms with E-state index in [-0.39, 0.29) is 0 Å². The average molecular weight is 413 g/mol. The standard InChI is InChI=1S/C24H32N2O4/c1-3-5-7-8-17-29-21-14-12-19(13-15-21)23(27)25-26-24(28)20-10-9-11-22(18-20)30-16-6-4-2/h9-15,18H,3-8,16-17H2,1-2H3,(H,25,27)(H,26,28). The largest absolute Gasteiger partial charge is 0.494 e. The molecule has 0 heterocycles. The lowest BCUT2D eigenvalue weighted by atomic mass is 10.2. The Labute approximate surface area is 178 Å². The summed E-state index contributed by atoms with van der Waals surface area (Å²) < 4.78 is 11.3. The van der Waals surface area contributed by atoms with Crippen molar-refractivity contribution in [3.05, 3.63) is 59.7 Å². The van der Waals surface area contributed by atoms with Gasteiger partial charge >= 0.3 is 0 Å². The summed E-state index contributed by atoms with van der Waals surface area (Å²) >= 11 is 0. The van der Waals surface area contributed by atoms with Crippen LogP contribution in [0.5, 0.6) is 11.5 Å². The van der Waals surface area contributed by atoms with Crippen LogP contribution in [-0.2, 0) is 0 Å². The van der Waals surface area contributed by atoms with Gasteiger partial charge in [0.15, 0.2) is 0 Å². The van der Waals surface area contributed by atoms with Gasteiger partial charge in [-0.25, -0.2) is 0 Å². The van der Waals surface area contributed by atoms with Crippen LogP contribution in [0.25, 0.3) is 0 Å². The summed E-state index contributed by atoms with van der Waals surface area (Å²) in [5, 5.41) is 0. The van der Waals surface area contributed by atoms with E-state index < -0.39 is 11.8 Å². The molecule has 0 atom stereocenters. The van der Waals surface area contributed by atoms with Crippen LogP contribution in [0.15, 0.2) is 48.5 Å². The normalized spacial score (nSPS) is 10.3. The predicted molar refractivity (Wildman–Crippen MR) is 118 cm³/mol. The maximum Gasteiger partial charge on any atom is 0.269 e. The van der Waals surface area contributed by atoms with Gasteiger partial charge in [-0.3, -0.25) is 20.4 Å². The Morgan fingerprint density at radius 2 is 1.33 bits per heavy atom. The second kappa shape index (κ2) is 13.2. The molecule has 2 rings (SSSR count). The topological polar surface area (TPSA) is 76.7 Å². The van der Waals surface area contributed by atoms with Gasteiger partial charge in [0.05, 0.1) is 13.2 Å². The molecule has 30 heavy (non-hydrogen) atoms. The smallest absolute Gasteiger partial charge is 0.269 e. The van der Waals surface area contributed by atoms with Gasteiger partial charge < -0.3 is 9.47 Å². The maximum atomic E-state index is 12.3. The van der Waals surface area contributed by atoms with Crippen LogP contribution in [0.3, 0.4) is 0 Å². The molecule has 6 nitrogen and oxygen atoms in total. The first-order chi connectivity index (χ1) is 14.6. The highest BCUT2D eigenvalue weighted by Gasteiger charge is 2.10. The van der Waals surface area contributed by atoms with Crippen molar-refractivity contribution >= 4 is 11.8 Å². The molecular weight excluding hydrogens is 380 g/mol. The Hall–Kier alpha value is -3.02. The first kappa shape index (κ1) is 23.3. The van der Waals surface area contributed by atoms with Gasteiger partial charge in [0.25, 0.3) is 11.8 Å². The highest BCUT2D eigenvalue weighted by Crippen LogP contribution is 2.15. The quantitative estimate of drug-likeness (QED) is 0.384. The Kier molecular flexibility index (Phi) is 10.3. The van der Waals surface area contributed by atoms with Crippen LogP contribution in [-0.4, -0.2) is 25.0 Å². The molecule has 0 spiro atoms. The monoisotopic (exact) mass is 412 g/mol. The van der Waals surface area contributed by atoms with E-state index in [2.05, 4.69) is 24.7 Å². The fraction of sp³-hybridized carbons (Fsp3) is 0.417. The minimum atomic E-state index is -0.406. The third-order valence-corrected chi connectivity index (χ3v) is 4.54. The number of benzene rings is 2. The fourth-order valence-corrected chi connectivity index (χ4v) is 2.74. The number of amides is 2. The first-order valence-corrected chi connectivity index (χ1v) is 10.7. The molecule has 0 fully saturated rings. The molecular formula is C24H32N2O4. The van der Waals surface area contributed by atoms with E-state index in [9.17, 15) is 9.59 Å². The zero-order valence-corrected chi connectivity index (χ0v) is 17.9. The number of nitrogens with one attached hydrogen (secondary N) is 2. The van der Waals surface area contributed by atoms with Gasteiger partial charge in [0.1, 0.15) is 11.5 Å². The number of carbonyl (C=O) groups excluding carboxylic acids is 2. The lowest BCUT2D eigenvalue weighted by Gasteiger charge is -2.10. The average Bonchev–Trinajstić information content (AvgIpc) is 2.78. The Morgan fingerprint density at radius 1 is 0.700 bits per heavy atom. The van der Waals surface area contributed by atoms with Gasteiger partial charge in [0, 0.05) is 11.1 Å². The molecule has 0 saturated heterocycles. The third-order valence-electron chi connectivity index (χ3n) is 4.54. The summed E-state index contributed by atoms with van der Waals surface area (Å²) in [7, 11) is 0. The number of ether oxygens (including phenoxy) is 2. The molecule has 0 aliphatic rings. The van der Waals surface area contributed by atoms with Crippen molar-refractivity contribution in [3.63, 3.8) is 0 Å². The molecule has 0 unspecified atom stereocenters. The molecule has 2 aromatic rings. The van der Waals surface area contributed by atoms with E-state index in [1.165, 1.54) is 12.8 Å². The number of unbranched alkanes of at least 4 members (excludes halogenated alkanes) is 4. The van der Waals surface area contributed by atoms with Crippen molar-refractivity contribution in [2.24, 2.45) is 0 Å². The summed E-state index contributed by atoms with van der Waals surface area (Å²) in [5.41, 5.74) is 5.72. The van der Waals surface area contributed by atoms with Crippen LogP contribution in [0.2, 0.25) is 0 Å².